The minimum absolute atomic E-state index is 0.0140. The molecule has 0 spiro atoms. The van der Waals surface area contributed by atoms with Crippen molar-refractivity contribution in [2.75, 3.05) is 6.61 Å². The van der Waals surface area contributed by atoms with Crippen LogP contribution in [0.5, 0.6) is 5.75 Å². The fourth-order valence-electron chi connectivity index (χ4n) is 1.65. The first kappa shape index (κ1) is 18.0. The van der Waals surface area contributed by atoms with Crippen molar-refractivity contribution in [2.45, 2.75) is 39.0 Å². The van der Waals surface area contributed by atoms with Gasteiger partial charge in [-0.15, -0.1) is 0 Å². The highest BCUT2D eigenvalue weighted by atomic mass is 79.9. The second-order valence-corrected chi connectivity index (χ2v) is 8.33. The normalized spacial score (nSPS) is 12.0. The van der Waals surface area contributed by atoms with Gasteiger partial charge in [-0.1, -0.05) is 20.8 Å². The van der Waals surface area contributed by atoms with Gasteiger partial charge in [-0.2, -0.15) is 0 Å². The third-order valence-corrected chi connectivity index (χ3v) is 4.44. The molecule has 0 saturated carbocycles. The summed E-state index contributed by atoms with van der Waals surface area (Å²) in [5.74, 6) is 0.0324. The third-order valence-electron chi connectivity index (χ3n) is 2.45. The molecule has 1 N–H and O–H groups in total. The van der Waals surface area contributed by atoms with Gasteiger partial charge in [-0.25, -0.2) is 13.1 Å². The summed E-state index contributed by atoms with van der Waals surface area (Å²) >= 11 is 3.25. The summed E-state index contributed by atoms with van der Waals surface area (Å²) in [5, 5.41) is 0. The van der Waals surface area contributed by atoms with Crippen molar-refractivity contribution in [1.82, 2.24) is 4.72 Å². The predicted octanol–water partition coefficient (Wildman–Crippen LogP) is 3.09. The van der Waals surface area contributed by atoms with Gasteiger partial charge in [-0.05, 0) is 46.5 Å². The summed E-state index contributed by atoms with van der Waals surface area (Å²) in [7, 11) is -3.87. The molecule has 0 bridgehead atoms. The highest BCUT2D eigenvalue weighted by Gasteiger charge is 2.22. The summed E-state index contributed by atoms with van der Waals surface area (Å²) in [4.78, 5) is 11.8. The monoisotopic (exact) mass is 377 g/mol. The topological polar surface area (TPSA) is 72.5 Å². The lowest BCUT2D eigenvalue weighted by Crippen LogP contribution is -2.33. The Hall–Kier alpha value is -1.08. The van der Waals surface area contributed by atoms with Gasteiger partial charge >= 0.3 is 0 Å². The van der Waals surface area contributed by atoms with Crippen molar-refractivity contribution in [3.8, 4) is 5.75 Å². The van der Waals surface area contributed by atoms with Crippen molar-refractivity contribution in [3.05, 3.63) is 22.7 Å². The quantitative estimate of drug-likeness (QED) is 0.855. The van der Waals surface area contributed by atoms with Gasteiger partial charge in [0.05, 0.1) is 16.0 Å². The number of nitrogens with one attached hydrogen (secondary N) is 1. The standard InChI is InChI=1S/C14H20BrNO4S/c1-5-20-12-7-6-10(8-11(12)15)21(18,19)16-13(17)9-14(2,3)4/h6-8H,5,9H2,1-4H3,(H,16,17). The van der Waals surface area contributed by atoms with Crippen LogP contribution in [0.2, 0.25) is 0 Å². The zero-order valence-electron chi connectivity index (χ0n) is 12.6. The molecule has 0 radical (unpaired) electrons. The van der Waals surface area contributed by atoms with E-state index >= 15 is 0 Å². The van der Waals surface area contributed by atoms with Crippen LogP contribution in [0.25, 0.3) is 0 Å². The number of rotatable bonds is 5. The fraction of sp³-hybridized carbons (Fsp3) is 0.500. The fourth-order valence-corrected chi connectivity index (χ4v) is 3.30. The second kappa shape index (κ2) is 6.79. The molecule has 0 atom stereocenters. The molecule has 0 aromatic heterocycles. The molecule has 1 rings (SSSR count). The Labute approximate surface area is 134 Å². The van der Waals surface area contributed by atoms with Crippen LogP contribution in [0.4, 0.5) is 0 Å². The van der Waals surface area contributed by atoms with E-state index in [2.05, 4.69) is 20.7 Å². The van der Waals surface area contributed by atoms with Crippen molar-refractivity contribution in [3.63, 3.8) is 0 Å². The zero-order chi connectivity index (χ0) is 16.3. The largest absolute Gasteiger partial charge is 0.493 e. The molecule has 0 heterocycles. The lowest BCUT2D eigenvalue weighted by Gasteiger charge is -2.17. The maximum Gasteiger partial charge on any atom is 0.264 e. The first-order valence-electron chi connectivity index (χ1n) is 6.53. The highest BCUT2D eigenvalue weighted by Crippen LogP contribution is 2.28. The van der Waals surface area contributed by atoms with Crippen LogP contribution in [0.1, 0.15) is 34.1 Å². The van der Waals surface area contributed by atoms with Crippen LogP contribution >= 0.6 is 15.9 Å². The van der Waals surface area contributed by atoms with Crippen LogP contribution in [-0.4, -0.2) is 20.9 Å². The Morgan fingerprint density at radius 1 is 1.33 bits per heavy atom. The minimum atomic E-state index is -3.87. The molecular formula is C14H20BrNO4S. The molecule has 1 amide bonds. The second-order valence-electron chi connectivity index (χ2n) is 5.79. The Bertz CT molecular complexity index is 620. The Balaban J connectivity index is 2.93. The maximum atomic E-state index is 12.2. The summed E-state index contributed by atoms with van der Waals surface area (Å²) in [6.45, 7) is 7.92. The lowest BCUT2D eigenvalue weighted by molar-refractivity contribution is -0.121. The summed E-state index contributed by atoms with van der Waals surface area (Å²) in [6, 6.07) is 4.37. The van der Waals surface area contributed by atoms with E-state index in [0.29, 0.717) is 16.8 Å². The molecule has 1 aromatic carbocycles. The van der Waals surface area contributed by atoms with Crippen LogP contribution in [-0.2, 0) is 14.8 Å². The van der Waals surface area contributed by atoms with Crippen molar-refractivity contribution < 1.29 is 17.9 Å². The van der Waals surface area contributed by atoms with E-state index in [-0.39, 0.29) is 16.7 Å². The van der Waals surface area contributed by atoms with Gasteiger partial charge in [0.2, 0.25) is 5.91 Å². The van der Waals surface area contributed by atoms with E-state index in [4.69, 9.17) is 4.74 Å². The molecule has 21 heavy (non-hydrogen) atoms. The number of amides is 1. The van der Waals surface area contributed by atoms with Gasteiger partial charge < -0.3 is 4.74 Å². The number of hydrogen-bond donors (Lipinski definition) is 1. The van der Waals surface area contributed by atoms with Gasteiger partial charge in [0.15, 0.2) is 0 Å². The minimum Gasteiger partial charge on any atom is -0.493 e. The number of benzene rings is 1. The van der Waals surface area contributed by atoms with Gasteiger partial charge in [0.1, 0.15) is 5.75 Å². The zero-order valence-corrected chi connectivity index (χ0v) is 15.0. The molecule has 0 unspecified atom stereocenters. The molecule has 0 saturated heterocycles. The number of carbonyl (C=O) groups is 1. The number of hydrogen-bond acceptors (Lipinski definition) is 4. The Morgan fingerprint density at radius 2 is 1.95 bits per heavy atom. The molecule has 5 nitrogen and oxygen atoms in total. The van der Waals surface area contributed by atoms with Crippen LogP contribution in [0.15, 0.2) is 27.6 Å². The highest BCUT2D eigenvalue weighted by molar-refractivity contribution is 9.10. The van der Waals surface area contributed by atoms with Crippen LogP contribution < -0.4 is 9.46 Å². The smallest absolute Gasteiger partial charge is 0.264 e. The molecule has 0 aliphatic heterocycles. The van der Waals surface area contributed by atoms with Crippen LogP contribution in [0.3, 0.4) is 0 Å². The van der Waals surface area contributed by atoms with E-state index in [1.807, 2.05) is 27.7 Å². The molecule has 7 heteroatoms. The number of carbonyl (C=O) groups excluding carboxylic acids is 1. The molecule has 1 aromatic rings. The molecule has 118 valence electrons. The number of ether oxygens (including phenoxy) is 1. The average molecular weight is 378 g/mol. The van der Waals surface area contributed by atoms with Gasteiger partial charge in [-0.3, -0.25) is 4.79 Å². The lowest BCUT2D eigenvalue weighted by atomic mass is 9.92. The Kier molecular flexibility index (Phi) is 5.81. The molecular weight excluding hydrogens is 358 g/mol. The van der Waals surface area contributed by atoms with E-state index in [9.17, 15) is 13.2 Å². The van der Waals surface area contributed by atoms with Crippen molar-refractivity contribution in [1.29, 1.82) is 0 Å². The number of halogens is 1. The molecule has 0 fully saturated rings. The molecule has 0 aliphatic carbocycles. The van der Waals surface area contributed by atoms with Gasteiger partial charge in [0.25, 0.3) is 10.0 Å². The van der Waals surface area contributed by atoms with E-state index in [1.54, 1.807) is 6.07 Å². The summed E-state index contributed by atoms with van der Waals surface area (Å²) in [5.41, 5.74) is -0.279. The van der Waals surface area contributed by atoms with Crippen LogP contribution in [0, 0.1) is 5.41 Å². The van der Waals surface area contributed by atoms with E-state index < -0.39 is 15.9 Å². The van der Waals surface area contributed by atoms with Crippen molar-refractivity contribution >= 4 is 31.9 Å². The summed E-state index contributed by atoms with van der Waals surface area (Å²) in [6.07, 6.45) is 0.129. The first-order chi connectivity index (χ1) is 9.55. The van der Waals surface area contributed by atoms with Crippen molar-refractivity contribution in [2.24, 2.45) is 5.41 Å². The van der Waals surface area contributed by atoms with E-state index in [0.717, 1.165) is 0 Å². The predicted molar refractivity (Wildman–Crippen MR) is 84.7 cm³/mol. The SMILES string of the molecule is CCOc1ccc(S(=O)(=O)NC(=O)CC(C)(C)C)cc1Br. The van der Waals surface area contributed by atoms with E-state index in [1.165, 1.54) is 12.1 Å². The first-order valence-corrected chi connectivity index (χ1v) is 8.81. The number of sulfonamides is 1. The molecule has 0 aliphatic rings. The average Bonchev–Trinajstić information content (AvgIpc) is 2.28. The van der Waals surface area contributed by atoms with Gasteiger partial charge in [0, 0.05) is 6.42 Å². The maximum absolute atomic E-state index is 12.2. The Morgan fingerprint density at radius 3 is 2.43 bits per heavy atom. The summed E-state index contributed by atoms with van der Waals surface area (Å²) < 4.78 is 32.2. The third kappa shape index (κ3) is 5.67.